The molecule has 0 bridgehead atoms. The Morgan fingerprint density at radius 2 is 1.08 bits per heavy atom. The van der Waals surface area contributed by atoms with Crippen molar-refractivity contribution in [3.8, 4) is 0 Å². The van der Waals surface area contributed by atoms with Gasteiger partial charge in [0.2, 0.25) is 0 Å². The van der Waals surface area contributed by atoms with Gasteiger partial charge in [-0.3, -0.25) is 0 Å². The van der Waals surface area contributed by atoms with E-state index in [0.717, 1.165) is 0 Å². The molecule has 12 heavy (non-hydrogen) atoms. The minimum Gasteiger partial charge on any atom is 0 e. The zero-order valence-corrected chi connectivity index (χ0v) is 8.71. The zero-order chi connectivity index (χ0) is 7.71. The standard InChI is InChI=1S/Fe.Li.Mn.H4O7P2.H/c;;;1-8(2,3)7-9(4,5)6;/h;;;(H2,1,2,3)(H2,4,5,6);. The molecule has 7 nitrogen and oxygen atoms in total. The van der Waals surface area contributed by atoms with Gasteiger partial charge in [0.05, 0.1) is 0 Å². The van der Waals surface area contributed by atoms with Crippen molar-refractivity contribution in [3.63, 3.8) is 0 Å². The van der Waals surface area contributed by atoms with E-state index >= 15 is 0 Å². The van der Waals surface area contributed by atoms with Crippen LogP contribution in [0.1, 0.15) is 0 Å². The van der Waals surface area contributed by atoms with Gasteiger partial charge in [-0.2, -0.15) is 4.31 Å². The summed E-state index contributed by atoms with van der Waals surface area (Å²) in [5, 5.41) is 0. The summed E-state index contributed by atoms with van der Waals surface area (Å²) in [5.74, 6) is 0. The van der Waals surface area contributed by atoms with Crippen LogP contribution < -0.4 is 0 Å². The van der Waals surface area contributed by atoms with Crippen molar-refractivity contribution in [3.05, 3.63) is 0 Å². The molecule has 0 aromatic heterocycles. The Morgan fingerprint density at radius 3 is 1.08 bits per heavy atom. The average molecular weight is 297 g/mol. The van der Waals surface area contributed by atoms with Gasteiger partial charge >= 0.3 is 34.5 Å². The van der Waals surface area contributed by atoms with Crippen LogP contribution in [0.5, 0.6) is 0 Å². The van der Waals surface area contributed by atoms with Crippen LogP contribution in [-0.4, -0.2) is 38.4 Å². The van der Waals surface area contributed by atoms with E-state index in [2.05, 4.69) is 4.31 Å². The van der Waals surface area contributed by atoms with Crippen molar-refractivity contribution in [2.24, 2.45) is 0 Å². The summed E-state index contributed by atoms with van der Waals surface area (Å²) < 4.78 is 22.2. The quantitative estimate of drug-likeness (QED) is 0.362. The molecule has 0 aromatic carbocycles. The van der Waals surface area contributed by atoms with E-state index in [1.165, 1.54) is 0 Å². The molecule has 0 unspecified atom stereocenters. The molecule has 0 saturated carbocycles. The van der Waals surface area contributed by atoms with Crippen LogP contribution in [0, 0.1) is 0 Å². The van der Waals surface area contributed by atoms with Crippen LogP contribution in [0.15, 0.2) is 0 Å². The monoisotopic (exact) mass is 297 g/mol. The van der Waals surface area contributed by atoms with E-state index in [1.54, 1.807) is 0 Å². The largest absolute Gasteiger partial charge is 0 e. The van der Waals surface area contributed by atoms with Crippen LogP contribution >= 0.6 is 15.6 Å². The second-order valence-corrected chi connectivity index (χ2v) is 3.68. The van der Waals surface area contributed by atoms with Crippen LogP contribution in [0.25, 0.3) is 0 Å². The molecule has 0 aliphatic rings. The Hall–Kier alpha value is 1.90. The number of hydrogen-bond acceptors (Lipinski definition) is 3. The van der Waals surface area contributed by atoms with E-state index < -0.39 is 15.6 Å². The molecule has 0 aliphatic heterocycles. The number of rotatable bonds is 2. The fourth-order valence-corrected chi connectivity index (χ4v) is 1.25. The van der Waals surface area contributed by atoms with Crippen molar-refractivity contribution in [2.75, 3.05) is 0 Å². The minimum absolute atomic E-state index is 0. The third-order valence-corrected chi connectivity index (χ3v) is 1.91. The topological polar surface area (TPSA) is 124 Å². The Bertz CT molecular complexity index is 162. The fourth-order valence-electron chi connectivity index (χ4n) is 0.139. The van der Waals surface area contributed by atoms with Gasteiger partial charge < -0.3 is 19.6 Å². The summed E-state index contributed by atoms with van der Waals surface area (Å²) in [6.45, 7) is 0. The summed E-state index contributed by atoms with van der Waals surface area (Å²) in [7, 11) is -10.1. The molecule has 4 N–H and O–H groups in total. The molecule has 0 fully saturated rings. The minimum atomic E-state index is -5.05. The van der Waals surface area contributed by atoms with E-state index in [4.69, 9.17) is 19.6 Å². The first-order chi connectivity index (χ1) is 3.71. The molecular weight excluding hydrogens is 292 g/mol. The third kappa shape index (κ3) is 22.7. The maximum Gasteiger partial charge on any atom is 0 e. The molecule has 0 heterocycles. The molecule has 1 radical (unpaired) electrons. The van der Waals surface area contributed by atoms with Crippen LogP contribution in [0.3, 0.4) is 0 Å². The van der Waals surface area contributed by atoms with Gasteiger partial charge in [0.15, 0.2) is 0 Å². The van der Waals surface area contributed by atoms with E-state index in [0.29, 0.717) is 0 Å². The predicted octanol–water partition coefficient (Wildman–Crippen LogP) is -1.47. The summed E-state index contributed by atoms with van der Waals surface area (Å²) in [4.78, 5) is 31.0. The summed E-state index contributed by atoms with van der Waals surface area (Å²) in [5.41, 5.74) is 0. The molecular formula is H5FeLiMnO7P2. The normalized spacial score (nSPS) is 10.3. The van der Waals surface area contributed by atoms with Crippen molar-refractivity contribution in [1.29, 1.82) is 0 Å². The van der Waals surface area contributed by atoms with Gasteiger partial charge in [-0.25, -0.2) is 9.13 Å². The molecule has 0 aromatic rings. The molecule has 12 heteroatoms. The molecule has 0 aliphatic carbocycles. The summed E-state index contributed by atoms with van der Waals surface area (Å²) >= 11 is 0. The van der Waals surface area contributed by atoms with E-state index in [9.17, 15) is 9.13 Å². The Morgan fingerprint density at radius 1 is 0.917 bits per heavy atom. The number of hydrogen-bond donors (Lipinski definition) is 4. The van der Waals surface area contributed by atoms with Gasteiger partial charge in [-0.1, -0.05) is 0 Å². The Balaban J connectivity index is -0.000000107. The number of phosphoric acid groups is 2. The summed E-state index contributed by atoms with van der Waals surface area (Å²) in [6.07, 6.45) is 0. The second-order valence-electron chi connectivity index (χ2n) is 1.06. The van der Waals surface area contributed by atoms with E-state index in [-0.39, 0.29) is 53.0 Å². The zero-order valence-electron chi connectivity index (χ0n) is 4.64. The Kier molecular flexibility index (Phi) is 16.2. The Labute approximate surface area is 101 Å². The van der Waals surface area contributed by atoms with Gasteiger partial charge in [0, 0.05) is 34.1 Å². The van der Waals surface area contributed by atoms with Crippen LogP contribution in [0.4, 0.5) is 0 Å². The van der Waals surface area contributed by atoms with Crippen molar-refractivity contribution < 1.29 is 67.2 Å². The van der Waals surface area contributed by atoms with Crippen molar-refractivity contribution in [2.45, 2.75) is 0 Å². The van der Waals surface area contributed by atoms with Gasteiger partial charge in [-0.15, -0.1) is 0 Å². The first-order valence-electron chi connectivity index (χ1n) is 1.53. The molecule has 0 saturated heterocycles. The SMILES string of the molecule is O=P(O)(O)OP(=O)(O)O.[Fe].[LiH].[Mn]. The molecule has 0 atom stereocenters. The van der Waals surface area contributed by atoms with E-state index in [1.807, 2.05) is 0 Å². The smallest absolute Gasteiger partial charge is 0 e. The van der Waals surface area contributed by atoms with Gasteiger partial charge in [0.25, 0.3) is 0 Å². The third-order valence-electron chi connectivity index (χ3n) is 0.213. The fraction of sp³-hybridized carbons (Fsp3) is 0. The maximum atomic E-state index is 9.63. The average Bonchev–Trinajstić information content (AvgIpc) is 1.14. The van der Waals surface area contributed by atoms with Gasteiger partial charge in [-0.05, 0) is 0 Å². The summed E-state index contributed by atoms with van der Waals surface area (Å²) in [6, 6.07) is 0. The van der Waals surface area contributed by atoms with Crippen molar-refractivity contribution in [1.82, 2.24) is 0 Å². The van der Waals surface area contributed by atoms with Crippen LogP contribution in [0.2, 0.25) is 0 Å². The molecule has 73 valence electrons. The van der Waals surface area contributed by atoms with Crippen molar-refractivity contribution >= 4 is 34.5 Å². The van der Waals surface area contributed by atoms with Crippen LogP contribution in [-0.2, 0) is 47.6 Å². The first kappa shape index (κ1) is 23.6. The maximum absolute atomic E-state index is 9.63. The molecule has 0 amide bonds. The predicted molar refractivity (Wildman–Crippen MR) is 32.3 cm³/mol. The molecule has 0 spiro atoms. The van der Waals surface area contributed by atoms with Gasteiger partial charge in [0.1, 0.15) is 0 Å². The first-order valence-corrected chi connectivity index (χ1v) is 4.59. The second kappa shape index (κ2) is 8.22. The molecule has 0 rings (SSSR count).